The molecule has 0 aliphatic rings. The molecule has 4 heteroatoms. The van der Waals surface area contributed by atoms with Crippen LogP contribution in [0.1, 0.15) is 24.6 Å². The minimum absolute atomic E-state index is 0.630. The lowest BCUT2D eigenvalue weighted by molar-refractivity contribution is 0.873. The van der Waals surface area contributed by atoms with E-state index in [1.54, 1.807) is 6.20 Å². The highest BCUT2D eigenvalue weighted by Gasteiger charge is 2.05. The summed E-state index contributed by atoms with van der Waals surface area (Å²) in [7, 11) is 0. The summed E-state index contributed by atoms with van der Waals surface area (Å²) in [5.41, 5.74) is 3.29. The van der Waals surface area contributed by atoms with Gasteiger partial charge in [0.15, 0.2) is 0 Å². The van der Waals surface area contributed by atoms with Crippen LogP contribution in [0, 0.1) is 11.6 Å². The molecule has 17 heavy (non-hydrogen) atoms. The standard InChI is InChI=1S/C13H15N3S/c1-3-4-10-7-12(17)16-13(15-10)11-8-14-6-5-9(11)2/h5-8H,3-4H2,1-2H3,(H,15,16,17). The van der Waals surface area contributed by atoms with E-state index in [0.29, 0.717) is 4.64 Å². The normalized spacial score (nSPS) is 10.5. The van der Waals surface area contributed by atoms with Crippen LogP contribution in [0.2, 0.25) is 0 Å². The predicted molar refractivity (Wildman–Crippen MR) is 71.4 cm³/mol. The van der Waals surface area contributed by atoms with Gasteiger partial charge < -0.3 is 4.98 Å². The van der Waals surface area contributed by atoms with Crippen molar-refractivity contribution in [1.82, 2.24) is 15.0 Å². The maximum absolute atomic E-state index is 5.19. The summed E-state index contributed by atoms with van der Waals surface area (Å²) >= 11 is 5.19. The molecular weight excluding hydrogens is 230 g/mol. The predicted octanol–water partition coefficient (Wildman–Crippen LogP) is 3.46. The molecule has 2 rings (SSSR count). The molecule has 0 unspecified atom stereocenters. The molecule has 0 atom stereocenters. The summed E-state index contributed by atoms with van der Waals surface area (Å²) < 4.78 is 0.630. The minimum atomic E-state index is 0.630. The molecule has 0 bridgehead atoms. The number of aryl methyl sites for hydroxylation is 2. The van der Waals surface area contributed by atoms with Gasteiger partial charge in [0.2, 0.25) is 0 Å². The fraction of sp³-hybridized carbons (Fsp3) is 0.308. The van der Waals surface area contributed by atoms with Crippen LogP contribution < -0.4 is 0 Å². The first-order chi connectivity index (χ1) is 8.20. The van der Waals surface area contributed by atoms with Crippen molar-refractivity contribution in [3.63, 3.8) is 0 Å². The average Bonchev–Trinajstić information content (AvgIpc) is 2.29. The number of nitrogens with one attached hydrogen (secondary N) is 1. The van der Waals surface area contributed by atoms with Gasteiger partial charge in [-0.3, -0.25) is 4.98 Å². The lowest BCUT2D eigenvalue weighted by Crippen LogP contribution is -1.97. The first-order valence-corrected chi connectivity index (χ1v) is 6.12. The summed E-state index contributed by atoms with van der Waals surface area (Å²) in [6, 6.07) is 3.90. The molecule has 2 aromatic heterocycles. The van der Waals surface area contributed by atoms with Crippen molar-refractivity contribution in [2.45, 2.75) is 26.7 Å². The van der Waals surface area contributed by atoms with Crippen molar-refractivity contribution in [2.24, 2.45) is 0 Å². The van der Waals surface area contributed by atoms with Crippen LogP contribution in [0.25, 0.3) is 11.4 Å². The summed E-state index contributed by atoms with van der Waals surface area (Å²) in [4.78, 5) is 11.8. The van der Waals surface area contributed by atoms with Gasteiger partial charge in [0.1, 0.15) is 10.5 Å². The van der Waals surface area contributed by atoms with Crippen LogP contribution in [-0.2, 0) is 6.42 Å². The summed E-state index contributed by atoms with van der Waals surface area (Å²) in [5, 5.41) is 0. The molecule has 1 N–H and O–H groups in total. The quantitative estimate of drug-likeness (QED) is 0.842. The molecule has 2 aromatic rings. The Morgan fingerprint density at radius 3 is 2.94 bits per heavy atom. The Kier molecular flexibility index (Phi) is 3.64. The van der Waals surface area contributed by atoms with Gasteiger partial charge in [0, 0.05) is 23.7 Å². The van der Waals surface area contributed by atoms with Crippen molar-refractivity contribution in [1.29, 1.82) is 0 Å². The zero-order valence-electron chi connectivity index (χ0n) is 10.0. The number of H-pyrrole nitrogens is 1. The fourth-order valence-electron chi connectivity index (χ4n) is 1.75. The van der Waals surface area contributed by atoms with E-state index in [-0.39, 0.29) is 0 Å². The molecule has 0 saturated carbocycles. The molecule has 0 spiro atoms. The van der Waals surface area contributed by atoms with Crippen molar-refractivity contribution in [3.05, 3.63) is 40.4 Å². The summed E-state index contributed by atoms with van der Waals surface area (Å²) in [5.74, 6) is 0.812. The Balaban J connectivity index is 2.52. The van der Waals surface area contributed by atoms with Gasteiger partial charge in [0.25, 0.3) is 0 Å². The fourth-order valence-corrected chi connectivity index (χ4v) is 1.98. The van der Waals surface area contributed by atoms with E-state index >= 15 is 0 Å². The zero-order valence-corrected chi connectivity index (χ0v) is 10.8. The maximum atomic E-state index is 5.19. The molecular formula is C13H15N3S. The Labute approximate surface area is 106 Å². The van der Waals surface area contributed by atoms with Gasteiger partial charge in [0.05, 0.1) is 0 Å². The van der Waals surface area contributed by atoms with E-state index in [0.717, 1.165) is 35.5 Å². The molecule has 0 saturated heterocycles. The number of aromatic nitrogens is 3. The van der Waals surface area contributed by atoms with Crippen LogP contribution in [0.3, 0.4) is 0 Å². The molecule has 0 amide bonds. The summed E-state index contributed by atoms with van der Waals surface area (Å²) in [6.07, 6.45) is 5.67. The molecule has 0 aliphatic carbocycles. The largest absolute Gasteiger partial charge is 0.343 e. The van der Waals surface area contributed by atoms with E-state index in [9.17, 15) is 0 Å². The maximum Gasteiger partial charge on any atom is 0.140 e. The second-order valence-corrected chi connectivity index (χ2v) is 4.45. The minimum Gasteiger partial charge on any atom is -0.343 e. The van der Waals surface area contributed by atoms with E-state index < -0.39 is 0 Å². The number of nitrogens with zero attached hydrogens (tertiary/aromatic N) is 2. The lowest BCUT2D eigenvalue weighted by atomic mass is 10.1. The SMILES string of the molecule is CCCc1cc(=S)nc(-c2cnccc2C)[nH]1. The second kappa shape index (κ2) is 5.19. The van der Waals surface area contributed by atoms with Gasteiger partial charge >= 0.3 is 0 Å². The van der Waals surface area contributed by atoms with Crippen LogP contribution >= 0.6 is 12.2 Å². The first-order valence-electron chi connectivity index (χ1n) is 5.72. The number of rotatable bonds is 3. The first kappa shape index (κ1) is 11.9. The molecule has 3 nitrogen and oxygen atoms in total. The highest BCUT2D eigenvalue weighted by Crippen LogP contribution is 2.18. The average molecular weight is 245 g/mol. The molecule has 0 aromatic carbocycles. The lowest BCUT2D eigenvalue weighted by Gasteiger charge is -2.07. The number of pyridine rings is 1. The highest BCUT2D eigenvalue weighted by molar-refractivity contribution is 7.71. The van der Waals surface area contributed by atoms with Crippen molar-refractivity contribution >= 4 is 12.2 Å². The van der Waals surface area contributed by atoms with Crippen LogP contribution in [0.4, 0.5) is 0 Å². The van der Waals surface area contributed by atoms with Gasteiger partial charge in [-0.2, -0.15) is 0 Å². The number of hydrogen-bond acceptors (Lipinski definition) is 3. The van der Waals surface area contributed by atoms with Crippen molar-refractivity contribution < 1.29 is 0 Å². The van der Waals surface area contributed by atoms with Crippen molar-refractivity contribution in [2.75, 3.05) is 0 Å². The van der Waals surface area contributed by atoms with Gasteiger partial charge in [-0.1, -0.05) is 25.6 Å². The second-order valence-electron chi connectivity index (χ2n) is 4.03. The molecule has 0 fully saturated rings. The molecule has 0 aliphatic heterocycles. The van der Waals surface area contributed by atoms with E-state index in [4.69, 9.17) is 12.2 Å². The van der Waals surface area contributed by atoms with Crippen LogP contribution in [0.15, 0.2) is 24.5 Å². The Bertz CT molecular complexity index is 575. The van der Waals surface area contributed by atoms with E-state index in [1.165, 1.54) is 0 Å². The van der Waals surface area contributed by atoms with E-state index in [2.05, 4.69) is 21.9 Å². The molecule has 2 heterocycles. The molecule has 0 radical (unpaired) electrons. The van der Waals surface area contributed by atoms with Crippen LogP contribution in [-0.4, -0.2) is 15.0 Å². The Morgan fingerprint density at radius 1 is 1.41 bits per heavy atom. The van der Waals surface area contributed by atoms with Gasteiger partial charge in [-0.15, -0.1) is 0 Å². The third kappa shape index (κ3) is 2.77. The monoisotopic (exact) mass is 245 g/mol. The van der Waals surface area contributed by atoms with Gasteiger partial charge in [-0.05, 0) is 31.0 Å². The van der Waals surface area contributed by atoms with Gasteiger partial charge in [-0.25, -0.2) is 4.98 Å². The van der Waals surface area contributed by atoms with Crippen molar-refractivity contribution in [3.8, 4) is 11.4 Å². The third-order valence-corrected chi connectivity index (χ3v) is 2.82. The third-order valence-electron chi connectivity index (χ3n) is 2.61. The van der Waals surface area contributed by atoms with Crippen LogP contribution in [0.5, 0.6) is 0 Å². The molecule has 88 valence electrons. The topological polar surface area (TPSA) is 41.6 Å². The number of hydrogen-bond donors (Lipinski definition) is 1. The smallest absolute Gasteiger partial charge is 0.140 e. The summed E-state index contributed by atoms with van der Waals surface area (Å²) in [6.45, 7) is 4.19. The van der Waals surface area contributed by atoms with E-state index in [1.807, 2.05) is 25.3 Å². The highest BCUT2D eigenvalue weighted by atomic mass is 32.1. The Hall–Kier alpha value is -1.55. The number of aromatic amines is 1. The zero-order chi connectivity index (χ0) is 12.3. The Morgan fingerprint density at radius 2 is 2.24 bits per heavy atom.